The lowest BCUT2D eigenvalue weighted by Gasteiger charge is -2.20. The number of rotatable bonds is 3. The third-order valence-electron chi connectivity index (χ3n) is 2.14. The molecule has 1 aromatic heterocycles. The molecule has 6 heteroatoms. The summed E-state index contributed by atoms with van der Waals surface area (Å²) in [6, 6.07) is 0. The lowest BCUT2D eigenvalue weighted by atomic mass is 10.1. The molecule has 0 unspecified atom stereocenters. The molecule has 0 saturated heterocycles. The van der Waals surface area contributed by atoms with E-state index in [4.69, 9.17) is 5.11 Å². The molecule has 2 N–H and O–H groups in total. The number of carboxylic acids is 1. The van der Waals surface area contributed by atoms with Crippen molar-refractivity contribution in [1.29, 1.82) is 0 Å². The molecule has 0 aliphatic rings. The fourth-order valence-corrected chi connectivity index (χ4v) is 1.41. The van der Waals surface area contributed by atoms with Crippen LogP contribution in [-0.4, -0.2) is 32.3 Å². The van der Waals surface area contributed by atoms with Crippen LogP contribution in [0.3, 0.4) is 0 Å². The van der Waals surface area contributed by atoms with Gasteiger partial charge in [0.2, 0.25) is 5.91 Å². The zero-order valence-corrected chi connectivity index (χ0v) is 10.4. The van der Waals surface area contributed by atoms with Gasteiger partial charge in [-0.15, -0.1) is 0 Å². The van der Waals surface area contributed by atoms with Gasteiger partial charge in [-0.3, -0.25) is 9.48 Å². The van der Waals surface area contributed by atoms with Gasteiger partial charge in [-0.2, -0.15) is 5.10 Å². The van der Waals surface area contributed by atoms with Crippen molar-refractivity contribution in [3.8, 4) is 0 Å². The van der Waals surface area contributed by atoms with Crippen molar-refractivity contribution in [2.45, 2.75) is 39.8 Å². The molecule has 0 aliphatic carbocycles. The third kappa shape index (κ3) is 3.58. The Bertz CT molecular complexity index is 443. The maximum atomic E-state index is 11.6. The van der Waals surface area contributed by atoms with Crippen LogP contribution in [0, 0.1) is 6.92 Å². The quantitative estimate of drug-likeness (QED) is 0.817. The second-order valence-electron chi connectivity index (χ2n) is 4.90. The molecule has 17 heavy (non-hydrogen) atoms. The molecule has 0 fully saturated rings. The van der Waals surface area contributed by atoms with E-state index in [-0.39, 0.29) is 23.6 Å². The van der Waals surface area contributed by atoms with Gasteiger partial charge >= 0.3 is 5.97 Å². The Kier molecular flexibility index (Phi) is 3.55. The van der Waals surface area contributed by atoms with E-state index in [0.717, 1.165) is 0 Å². The topological polar surface area (TPSA) is 84.2 Å². The minimum atomic E-state index is -1.04. The molecular formula is C11H17N3O3. The van der Waals surface area contributed by atoms with E-state index in [2.05, 4.69) is 10.4 Å². The maximum absolute atomic E-state index is 11.6. The normalized spacial score (nSPS) is 11.3. The predicted octanol–water partition coefficient (Wildman–Crippen LogP) is 0.804. The van der Waals surface area contributed by atoms with E-state index in [1.807, 2.05) is 20.8 Å². The molecule has 0 saturated carbocycles. The second-order valence-corrected chi connectivity index (χ2v) is 4.90. The number of nitrogens with one attached hydrogen (secondary N) is 1. The highest BCUT2D eigenvalue weighted by atomic mass is 16.4. The molecule has 0 radical (unpaired) electrons. The SMILES string of the molecule is Cc1c(C(=O)O)cnn1CC(=O)NC(C)(C)C. The monoisotopic (exact) mass is 239 g/mol. The first-order chi connectivity index (χ1) is 7.70. The molecule has 0 atom stereocenters. The Hall–Kier alpha value is -1.85. The van der Waals surface area contributed by atoms with E-state index < -0.39 is 5.97 Å². The molecule has 0 bridgehead atoms. The Morgan fingerprint density at radius 1 is 1.47 bits per heavy atom. The number of amides is 1. The van der Waals surface area contributed by atoms with Gasteiger partial charge in [-0.25, -0.2) is 4.79 Å². The molecule has 94 valence electrons. The van der Waals surface area contributed by atoms with Crippen LogP contribution in [0.5, 0.6) is 0 Å². The van der Waals surface area contributed by atoms with Crippen molar-refractivity contribution in [2.75, 3.05) is 0 Å². The van der Waals surface area contributed by atoms with E-state index in [9.17, 15) is 9.59 Å². The van der Waals surface area contributed by atoms with Crippen LogP contribution in [0.25, 0.3) is 0 Å². The number of carbonyl (C=O) groups excluding carboxylic acids is 1. The summed E-state index contributed by atoms with van der Waals surface area (Å²) in [6.07, 6.45) is 1.25. The standard InChI is InChI=1S/C11H17N3O3/c1-7-8(10(16)17)5-12-14(7)6-9(15)13-11(2,3)4/h5H,6H2,1-4H3,(H,13,15)(H,16,17). The Morgan fingerprint density at radius 3 is 2.47 bits per heavy atom. The number of aromatic nitrogens is 2. The van der Waals surface area contributed by atoms with Crippen molar-refractivity contribution in [3.63, 3.8) is 0 Å². The van der Waals surface area contributed by atoms with Crippen molar-refractivity contribution in [2.24, 2.45) is 0 Å². The predicted molar refractivity (Wildman–Crippen MR) is 61.8 cm³/mol. The average molecular weight is 239 g/mol. The number of hydrogen-bond donors (Lipinski definition) is 2. The summed E-state index contributed by atoms with van der Waals surface area (Å²) in [7, 11) is 0. The van der Waals surface area contributed by atoms with Crippen LogP contribution in [0.2, 0.25) is 0 Å². The van der Waals surface area contributed by atoms with Gasteiger partial charge in [-0.05, 0) is 27.7 Å². The Labute approximate surface area is 99.6 Å². The highest BCUT2D eigenvalue weighted by Crippen LogP contribution is 2.07. The average Bonchev–Trinajstić information content (AvgIpc) is 2.44. The summed E-state index contributed by atoms with van der Waals surface area (Å²) < 4.78 is 1.38. The van der Waals surface area contributed by atoms with Crippen LogP contribution in [-0.2, 0) is 11.3 Å². The molecule has 1 amide bonds. The smallest absolute Gasteiger partial charge is 0.339 e. The zero-order chi connectivity index (χ0) is 13.2. The van der Waals surface area contributed by atoms with Crippen molar-refractivity contribution in [1.82, 2.24) is 15.1 Å². The van der Waals surface area contributed by atoms with Gasteiger partial charge in [0, 0.05) is 5.54 Å². The molecule has 0 spiro atoms. The van der Waals surface area contributed by atoms with Gasteiger partial charge in [0.05, 0.1) is 11.9 Å². The molecule has 1 rings (SSSR count). The fraction of sp³-hybridized carbons (Fsp3) is 0.545. The van der Waals surface area contributed by atoms with Crippen LogP contribution in [0.1, 0.15) is 36.8 Å². The summed E-state index contributed by atoms with van der Waals surface area (Å²) in [5.74, 6) is -1.23. The Morgan fingerprint density at radius 2 is 2.06 bits per heavy atom. The lowest BCUT2D eigenvalue weighted by Crippen LogP contribution is -2.42. The maximum Gasteiger partial charge on any atom is 0.339 e. The minimum Gasteiger partial charge on any atom is -0.478 e. The molecule has 0 aromatic carbocycles. The summed E-state index contributed by atoms with van der Waals surface area (Å²) in [6.45, 7) is 7.29. The van der Waals surface area contributed by atoms with E-state index in [1.54, 1.807) is 6.92 Å². The summed E-state index contributed by atoms with van der Waals surface area (Å²) in [5.41, 5.74) is 0.281. The van der Waals surface area contributed by atoms with Crippen molar-refractivity contribution >= 4 is 11.9 Å². The molecule has 1 heterocycles. The van der Waals surface area contributed by atoms with Crippen molar-refractivity contribution < 1.29 is 14.7 Å². The van der Waals surface area contributed by atoms with Crippen LogP contribution >= 0.6 is 0 Å². The summed E-state index contributed by atoms with van der Waals surface area (Å²) in [5, 5.41) is 15.5. The molecule has 0 aliphatic heterocycles. The minimum absolute atomic E-state index is 0.0242. The number of carboxylic acid groups (broad SMARTS) is 1. The van der Waals surface area contributed by atoms with Gasteiger partial charge in [-0.1, -0.05) is 0 Å². The van der Waals surface area contributed by atoms with Gasteiger partial charge in [0.25, 0.3) is 0 Å². The number of hydrogen-bond acceptors (Lipinski definition) is 3. The lowest BCUT2D eigenvalue weighted by molar-refractivity contribution is -0.123. The molecule has 6 nitrogen and oxygen atoms in total. The largest absolute Gasteiger partial charge is 0.478 e. The second kappa shape index (κ2) is 4.57. The number of nitrogens with zero attached hydrogens (tertiary/aromatic N) is 2. The molecule has 1 aromatic rings. The summed E-state index contributed by atoms with van der Waals surface area (Å²) in [4.78, 5) is 22.4. The van der Waals surface area contributed by atoms with Crippen LogP contribution in [0.15, 0.2) is 6.20 Å². The van der Waals surface area contributed by atoms with Crippen molar-refractivity contribution in [3.05, 3.63) is 17.5 Å². The molecular weight excluding hydrogens is 222 g/mol. The first-order valence-corrected chi connectivity index (χ1v) is 5.27. The van der Waals surface area contributed by atoms with E-state index >= 15 is 0 Å². The first-order valence-electron chi connectivity index (χ1n) is 5.27. The van der Waals surface area contributed by atoms with Gasteiger partial charge < -0.3 is 10.4 Å². The van der Waals surface area contributed by atoms with Gasteiger partial charge in [0.1, 0.15) is 12.1 Å². The van der Waals surface area contributed by atoms with Crippen LogP contribution < -0.4 is 5.32 Å². The number of aromatic carboxylic acids is 1. The van der Waals surface area contributed by atoms with Gasteiger partial charge in [0.15, 0.2) is 0 Å². The van der Waals surface area contributed by atoms with Crippen LogP contribution in [0.4, 0.5) is 0 Å². The van der Waals surface area contributed by atoms with E-state index in [1.165, 1.54) is 10.9 Å². The highest BCUT2D eigenvalue weighted by Gasteiger charge is 2.17. The first kappa shape index (κ1) is 13.2. The Balaban J connectivity index is 2.76. The number of carbonyl (C=O) groups is 2. The van der Waals surface area contributed by atoms with E-state index in [0.29, 0.717) is 5.69 Å². The summed E-state index contributed by atoms with van der Waals surface area (Å²) >= 11 is 0. The third-order valence-corrected chi connectivity index (χ3v) is 2.14. The highest BCUT2D eigenvalue weighted by molar-refractivity contribution is 5.88. The fourth-order valence-electron chi connectivity index (χ4n) is 1.41. The zero-order valence-electron chi connectivity index (χ0n) is 10.4.